The summed E-state index contributed by atoms with van der Waals surface area (Å²) < 4.78 is 5.20. The van der Waals surface area contributed by atoms with E-state index in [1.807, 2.05) is 11.8 Å². The van der Waals surface area contributed by atoms with Crippen molar-refractivity contribution in [1.82, 2.24) is 9.80 Å². The highest BCUT2D eigenvalue weighted by molar-refractivity contribution is 5.76. The number of hydrogen-bond donors (Lipinski definition) is 1. The summed E-state index contributed by atoms with van der Waals surface area (Å²) in [4.78, 5) is 15.7. The van der Waals surface area contributed by atoms with Crippen molar-refractivity contribution < 1.29 is 14.6 Å². The highest BCUT2D eigenvalue weighted by Gasteiger charge is 2.16. The standard InChI is InChI=1S/C11H22N2O3/c1-2-12(5-8-14)4-3-11(15)13-6-9-16-10-7-13/h14H,2-10H2,1H3. The molecule has 1 fully saturated rings. The summed E-state index contributed by atoms with van der Waals surface area (Å²) in [5, 5.41) is 8.83. The van der Waals surface area contributed by atoms with Crippen LogP contribution in [0.5, 0.6) is 0 Å². The monoisotopic (exact) mass is 230 g/mol. The number of amides is 1. The Labute approximate surface area is 97.0 Å². The van der Waals surface area contributed by atoms with Crippen LogP contribution < -0.4 is 0 Å². The molecule has 0 aromatic heterocycles. The molecule has 16 heavy (non-hydrogen) atoms. The lowest BCUT2D eigenvalue weighted by Gasteiger charge is -2.28. The minimum absolute atomic E-state index is 0.152. The van der Waals surface area contributed by atoms with E-state index in [4.69, 9.17) is 9.84 Å². The van der Waals surface area contributed by atoms with Crippen LogP contribution in [0, 0.1) is 0 Å². The van der Waals surface area contributed by atoms with Gasteiger partial charge < -0.3 is 19.6 Å². The topological polar surface area (TPSA) is 53.0 Å². The Kier molecular flexibility index (Phi) is 6.37. The molecule has 0 saturated carbocycles. The predicted molar refractivity (Wildman–Crippen MR) is 61.2 cm³/mol. The quantitative estimate of drug-likeness (QED) is 0.671. The maximum absolute atomic E-state index is 11.8. The number of aliphatic hydroxyl groups excluding tert-OH is 1. The molecule has 5 nitrogen and oxygen atoms in total. The zero-order valence-electron chi connectivity index (χ0n) is 10.0. The second kappa shape index (κ2) is 7.60. The third-order valence-electron chi connectivity index (χ3n) is 2.87. The number of likely N-dealkylation sites (N-methyl/N-ethyl adjacent to an activating group) is 1. The molecule has 1 aliphatic heterocycles. The van der Waals surface area contributed by atoms with Crippen LogP contribution in [0.25, 0.3) is 0 Å². The molecule has 0 radical (unpaired) electrons. The smallest absolute Gasteiger partial charge is 0.224 e. The Balaban J connectivity index is 2.22. The summed E-state index contributed by atoms with van der Waals surface area (Å²) in [6.45, 7) is 7.17. The number of morpholine rings is 1. The van der Waals surface area contributed by atoms with Crippen LogP contribution in [-0.4, -0.2) is 73.4 Å². The first kappa shape index (κ1) is 13.4. The molecule has 1 heterocycles. The Bertz CT molecular complexity index is 205. The van der Waals surface area contributed by atoms with Gasteiger partial charge in [0.05, 0.1) is 19.8 Å². The molecule has 0 unspecified atom stereocenters. The predicted octanol–water partition coefficient (Wildman–Crippen LogP) is -0.450. The SMILES string of the molecule is CCN(CCO)CCC(=O)N1CCOCC1. The van der Waals surface area contributed by atoms with E-state index in [-0.39, 0.29) is 12.5 Å². The molecular formula is C11H22N2O3. The molecule has 94 valence electrons. The van der Waals surface area contributed by atoms with E-state index in [1.54, 1.807) is 0 Å². The molecule has 1 rings (SSSR count). The Morgan fingerprint density at radius 3 is 2.62 bits per heavy atom. The van der Waals surface area contributed by atoms with Gasteiger partial charge in [0.1, 0.15) is 0 Å². The van der Waals surface area contributed by atoms with Gasteiger partial charge in [-0.15, -0.1) is 0 Å². The molecule has 1 saturated heterocycles. The Morgan fingerprint density at radius 1 is 1.38 bits per heavy atom. The maximum atomic E-state index is 11.8. The van der Waals surface area contributed by atoms with E-state index >= 15 is 0 Å². The summed E-state index contributed by atoms with van der Waals surface area (Å²) in [7, 11) is 0. The Morgan fingerprint density at radius 2 is 2.06 bits per heavy atom. The van der Waals surface area contributed by atoms with Crippen molar-refractivity contribution >= 4 is 5.91 Å². The van der Waals surface area contributed by atoms with E-state index < -0.39 is 0 Å². The lowest BCUT2D eigenvalue weighted by molar-refractivity contribution is -0.135. The van der Waals surface area contributed by atoms with Crippen LogP contribution in [0.15, 0.2) is 0 Å². The number of nitrogens with zero attached hydrogens (tertiary/aromatic N) is 2. The highest BCUT2D eigenvalue weighted by Crippen LogP contribution is 2.01. The number of hydrogen-bond acceptors (Lipinski definition) is 4. The van der Waals surface area contributed by atoms with Gasteiger partial charge in [0.25, 0.3) is 0 Å². The van der Waals surface area contributed by atoms with Crippen molar-refractivity contribution in [3.8, 4) is 0 Å². The van der Waals surface area contributed by atoms with Crippen molar-refractivity contribution in [3.63, 3.8) is 0 Å². The van der Waals surface area contributed by atoms with Crippen molar-refractivity contribution in [3.05, 3.63) is 0 Å². The molecule has 0 aromatic carbocycles. The lowest BCUT2D eigenvalue weighted by atomic mass is 10.3. The largest absolute Gasteiger partial charge is 0.395 e. The highest BCUT2D eigenvalue weighted by atomic mass is 16.5. The van der Waals surface area contributed by atoms with Crippen molar-refractivity contribution in [2.24, 2.45) is 0 Å². The van der Waals surface area contributed by atoms with E-state index in [2.05, 4.69) is 4.90 Å². The summed E-state index contributed by atoms with van der Waals surface area (Å²) in [5.74, 6) is 0.194. The minimum atomic E-state index is 0.152. The van der Waals surface area contributed by atoms with Crippen molar-refractivity contribution in [2.75, 3.05) is 52.5 Å². The van der Waals surface area contributed by atoms with Crippen molar-refractivity contribution in [1.29, 1.82) is 0 Å². The fourth-order valence-electron chi connectivity index (χ4n) is 1.79. The molecule has 1 N–H and O–H groups in total. The molecule has 0 aromatic rings. The number of carbonyl (C=O) groups is 1. The first-order chi connectivity index (χ1) is 7.77. The molecule has 0 spiro atoms. The van der Waals surface area contributed by atoms with E-state index in [0.29, 0.717) is 39.3 Å². The normalized spacial score (nSPS) is 16.8. The molecule has 0 aliphatic carbocycles. The van der Waals surface area contributed by atoms with Gasteiger partial charge >= 0.3 is 0 Å². The minimum Gasteiger partial charge on any atom is -0.395 e. The fourth-order valence-corrected chi connectivity index (χ4v) is 1.79. The van der Waals surface area contributed by atoms with Gasteiger partial charge in [0, 0.05) is 32.6 Å². The van der Waals surface area contributed by atoms with Crippen LogP contribution in [0.1, 0.15) is 13.3 Å². The lowest BCUT2D eigenvalue weighted by Crippen LogP contribution is -2.42. The van der Waals surface area contributed by atoms with Crippen LogP contribution >= 0.6 is 0 Å². The van der Waals surface area contributed by atoms with Gasteiger partial charge in [-0.25, -0.2) is 0 Å². The zero-order chi connectivity index (χ0) is 11.8. The average Bonchev–Trinajstić information content (AvgIpc) is 2.35. The van der Waals surface area contributed by atoms with E-state index in [1.165, 1.54) is 0 Å². The summed E-state index contributed by atoms with van der Waals surface area (Å²) in [6, 6.07) is 0. The number of carbonyl (C=O) groups excluding carboxylic acids is 1. The maximum Gasteiger partial charge on any atom is 0.224 e. The second-order valence-electron chi connectivity index (χ2n) is 3.90. The van der Waals surface area contributed by atoms with Crippen LogP contribution in [0.2, 0.25) is 0 Å². The first-order valence-corrected chi connectivity index (χ1v) is 5.96. The Hall–Kier alpha value is -0.650. The first-order valence-electron chi connectivity index (χ1n) is 5.96. The zero-order valence-corrected chi connectivity index (χ0v) is 10.0. The van der Waals surface area contributed by atoms with Gasteiger partial charge in [0.15, 0.2) is 0 Å². The number of ether oxygens (including phenoxy) is 1. The van der Waals surface area contributed by atoms with Gasteiger partial charge in [0.2, 0.25) is 5.91 Å². The average molecular weight is 230 g/mol. The number of rotatable bonds is 6. The molecule has 0 atom stereocenters. The third kappa shape index (κ3) is 4.47. The summed E-state index contributed by atoms with van der Waals surface area (Å²) in [6.07, 6.45) is 0.536. The van der Waals surface area contributed by atoms with Gasteiger partial charge in [-0.3, -0.25) is 4.79 Å². The van der Waals surface area contributed by atoms with Gasteiger partial charge in [-0.05, 0) is 6.54 Å². The van der Waals surface area contributed by atoms with E-state index in [9.17, 15) is 4.79 Å². The summed E-state index contributed by atoms with van der Waals surface area (Å²) in [5.41, 5.74) is 0. The van der Waals surface area contributed by atoms with Gasteiger partial charge in [-0.1, -0.05) is 6.92 Å². The van der Waals surface area contributed by atoms with Crippen LogP contribution in [-0.2, 0) is 9.53 Å². The molecule has 1 amide bonds. The molecule has 0 bridgehead atoms. The molecule has 1 aliphatic rings. The van der Waals surface area contributed by atoms with Crippen LogP contribution in [0.3, 0.4) is 0 Å². The van der Waals surface area contributed by atoms with Crippen molar-refractivity contribution in [2.45, 2.75) is 13.3 Å². The van der Waals surface area contributed by atoms with Gasteiger partial charge in [-0.2, -0.15) is 0 Å². The summed E-state index contributed by atoms with van der Waals surface area (Å²) >= 11 is 0. The third-order valence-corrected chi connectivity index (χ3v) is 2.87. The van der Waals surface area contributed by atoms with E-state index in [0.717, 1.165) is 13.1 Å². The second-order valence-corrected chi connectivity index (χ2v) is 3.90. The fraction of sp³-hybridized carbons (Fsp3) is 0.909. The molecule has 5 heteroatoms. The number of aliphatic hydroxyl groups is 1. The molecular weight excluding hydrogens is 208 g/mol. The van der Waals surface area contributed by atoms with Crippen LogP contribution in [0.4, 0.5) is 0 Å².